The fourth-order valence-corrected chi connectivity index (χ4v) is 2.50. The maximum atomic E-state index is 2.33. The van der Waals surface area contributed by atoms with Gasteiger partial charge in [0.2, 0.25) is 0 Å². The van der Waals surface area contributed by atoms with Crippen molar-refractivity contribution in [2.24, 2.45) is 0 Å². The maximum absolute atomic E-state index is 2.33. The molecule has 2 radical (unpaired) electrons. The van der Waals surface area contributed by atoms with Crippen LogP contribution in [0.1, 0.15) is 43.4 Å². The van der Waals surface area contributed by atoms with Crippen molar-refractivity contribution in [3.05, 3.63) is 28.8 Å². The zero-order valence-electron chi connectivity index (χ0n) is 9.43. The van der Waals surface area contributed by atoms with Gasteiger partial charge in [0.15, 0.2) is 0 Å². The van der Waals surface area contributed by atoms with Crippen LogP contribution in [0.15, 0.2) is 12.1 Å². The third-order valence-corrected chi connectivity index (χ3v) is 4.07. The summed E-state index contributed by atoms with van der Waals surface area (Å²) in [6.07, 6.45) is 4.99. The quantitative estimate of drug-likeness (QED) is 0.750. The van der Waals surface area contributed by atoms with Crippen LogP contribution in [0.25, 0.3) is 0 Å². The fourth-order valence-electron chi connectivity index (χ4n) is 1.90. The summed E-state index contributed by atoms with van der Waals surface area (Å²) in [6, 6.07) is 4.61. The molecule has 0 saturated heterocycles. The molecule has 0 aromatic heterocycles. The van der Waals surface area contributed by atoms with Crippen molar-refractivity contribution in [3.63, 3.8) is 0 Å². The molecule has 0 N–H and O–H groups in total. The Bertz CT molecular complexity index is 302. The molecule has 0 nitrogen and oxygen atoms in total. The monoisotopic (exact) mass is 296 g/mol. The van der Waals surface area contributed by atoms with E-state index in [9.17, 15) is 0 Å². The number of rotatable bonds is 4. The van der Waals surface area contributed by atoms with E-state index in [1.165, 1.54) is 34.8 Å². The van der Waals surface area contributed by atoms with Gasteiger partial charge in [-0.25, -0.2) is 0 Å². The van der Waals surface area contributed by atoms with Gasteiger partial charge in [0.25, 0.3) is 0 Å². The molecule has 1 aromatic carbocycles. The van der Waals surface area contributed by atoms with Crippen molar-refractivity contribution < 1.29 is 0 Å². The van der Waals surface area contributed by atoms with Crippen LogP contribution >= 0.6 is 0 Å². The van der Waals surface area contributed by atoms with Crippen LogP contribution in [0.4, 0.5) is 0 Å². The van der Waals surface area contributed by atoms with E-state index in [2.05, 4.69) is 32.9 Å². The average molecular weight is 297 g/mol. The molecule has 0 spiro atoms. The summed E-state index contributed by atoms with van der Waals surface area (Å²) in [5.41, 5.74) is 4.73. The zero-order valence-corrected chi connectivity index (χ0v) is 12.0. The topological polar surface area (TPSA) is 0 Å². The van der Waals surface area contributed by atoms with Gasteiger partial charge in [0, 0.05) is 0 Å². The van der Waals surface area contributed by atoms with Crippen LogP contribution in [0.3, 0.4) is 0 Å². The Kier molecular flexibility index (Phi) is 5.02. The van der Waals surface area contributed by atoms with E-state index in [0.29, 0.717) is 0 Å². The molecule has 0 bridgehead atoms. The van der Waals surface area contributed by atoms with Gasteiger partial charge in [-0.1, -0.05) is 0 Å². The Hall–Kier alpha value is 0.0382. The minimum absolute atomic E-state index is 1.24. The van der Waals surface area contributed by atoms with E-state index in [-0.39, 0.29) is 0 Å². The number of benzene rings is 1. The number of aryl methyl sites for hydroxylation is 1. The molecule has 0 unspecified atom stereocenters. The Morgan fingerprint density at radius 2 is 1.71 bits per heavy atom. The first-order chi connectivity index (χ1) is 6.70. The van der Waals surface area contributed by atoms with Gasteiger partial charge in [-0.2, -0.15) is 0 Å². The van der Waals surface area contributed by atoms with Gasteiger partial charge in [0.1, 0.15) is 0 Å². The third-order valence-electron chi connectivity index (χ3n) is 2.69. The zero-order chi connectivity index (χ0) is 10.6. The average Bonchev–Trinajstić information content (AvgIpc) is 2.18. The van der Waals surface area contributed by atoms with Gasteiger partial charge in [-0.05, 0) is 0 Å². The van der Waals surface area contributed by atoms with Gasteiger partial charge >= 0.3 is 102 Å². The van der Waals surface area contributed by atoms with Crippen molar-refractivity contribution in [1.82, 2.24) is 0 Å². The second kappa shape index (κ2) is 5.81. The first-order valence-electron chi connectivity index (χ1n) is 5.51. The van der Waals surface area contributed by atoms with E-state index in [1.807, 2.05) is 23.0 Å². The second-order valence-electron chi connectivity index (χ2n) is 3.85. The van der Waals surface area contributed by atoms with Crippen LogP contribution in [0, 0.1) is 6.92 Å². The predicted octanol–water partition coefficient (Wildman–Crippen LogP) is 2.69. The molecular weight excluding hydrogens is 278 g/mol. The SMILES string of the molecule is CCCc1cc[c]([Sb])c(C)c1CCC. The summed E-state index contributed by atoms with van der Waals surface area (Å²) in [5.74, 6) is 0. The predicted molar refractivity (Wildman–Crippen MR) is 64.6 cm³/mol. The van der Waals surface area contributed by atoms with Crippen LogP contribution in [-0.2, 0) is 12.8 Å². The van der Waals surface area contributed by atoms with Crippen LogP contribution in [0.5, 0.6) is 0 Å². The van der Waals surface area contributed by atoms with E-state index in [1.54, 1.807) is 11.1 Å². The molecule has 1 rings (SSSR count). The first-order valence-corrected chi connectivity index (χ1v) is 6.78. The van der Waals surface area contributed by atoms with E-state index in [0.717, 1.165) is 0 Å². The van der Waals surface area contributed by atoms with E-state index in [4.69, 9.17) is 0 Å². The van der Waals surface area contributed by atoms with Gasteiger partial charge in [0.05, 0.1) is 0 Å². The molecule has 0 saturated carbocycles. The molecule has 0 amide bonds. The molecule has 0 aliphatic heterocycles. The van der Waals surface area contributed by atoms with Crippen molar-refractivity contribution >= 4 is 26.5 Å². The van der Waals surface area contributed by atoms with Crippen molar-refractivity contribution in [2.45, 2.75) is 46.5 Å². The third kappa shape index (κ3) is 2.76. The molecule has 0 atom stereocenters. The van der Waals surface area contributed by atoms with Gasteiger partial charge < -0.3 is 0 Å². The molecule has 1 heteroatoms. The Labute approximate surface area is 102 Å². The summed E-state index contributed by atoms with van der Waals surface area (Å²) in [4.78, 5) is 0. The Balaban J connectivity index is 3.08. The Morgan fingerprint density at radius 1 is 1.07 bits per heavy atom. The van der Waals surface area contributed by atoms with Crippen LogP contribution < -0.4 is 3.51 Å². The molecular formula is C13H19Sb. The number of hydrogen-bond donors (Lipinski definition) is 0. The standard InChI is InChI=1S/C13H19.Sb/c1-4-7-12-10-6-9-11(3)13(12)8-5-2;/h6,10H,4-5,7-8H2,1-3H3;. The molecule has 0 fully saturated rings. The number of hydrogen-bond acceptors (Lipinski definition) is 0. The van der Waals surface area contributed by atoms with Crippen LogP contribution in [-0.4, -0.2) is 23.0 Å². The van der Waals surface area contributed by atoms with Gasteiger partial charge in [-0.15, -0.1) is 0 Å². The van der Waals surface area contributed by atoms with Crippen LogP contribution in [0.2, 0.25) is 0 Å². The molecule has 1 aromatic rings. The molecule has 0 heterocycles. The Morgan fingerprint density at radius 3 is 2.29 bits per heavy atom. The summed E-state index contributed by atoms with van der Waals surface area (Å²) < 4.78 is 1.49. The van der Waals surface area contributed by atoms with E-state index < -0.39 is 0 Å². The second-order valence-corrected chi connectivity index (χ2v) is 5.22. The summed E-state index contributed by atoms with van der Waals surface area (Å²) in [6.45, 7) is 6.80. The summed E-state index contributed by atoms with van der Waals surface area (Å²) in [5, 5.41) is 0. The molecule has 0 aliphatic carbocycles. The fraction of sp³-hybridized carbons (Fsp3) is 0.538. The minimum atomic E-state index is 1.24. The molecule has 76 valence electrons. The van der Waals surface area contributed by atoms with E-state index >= 15 is 0 Å². The van der Waals surface area contributed by atoms with Crippen molar-refractivity contribution in [1.29, 1.82) is 0 Å². The molecule has 14 heavy (non-hydrogen) atoms. The molecule has 0 aliphatic rings. The van der Waals surface area contributed by atoms with Crippen molar-refractivity contribution in [2.75, 3.05) is 0 Å². The normalized spacial score (nSPS) is 10.6. The summed E-state index contributed by atoms with van der Waals surface area (Å²) in [7, 11) is 0. The van der Waals surface area contributed by atoms with Crippen molar-refractivity contribution in [3.8, 4) is 0 Å². The summed E-state index contributed by atoms with van der Waals surface area (Å²) >= 11 is 1.84. The first kappa shape index (κ1) is 12.1. The van der Waals surface area contributed by atoms with Gasteiger partial charge in [-0.3, -0.25) is 0 Å².